The van der Waals surface area contributed by atoms with Gasteiger partial charge >= 0.3 is 0 Å². The van der Waals surface area contributed by atoms with Crippen LogP contribution in [0.2, 0.25) is 0 Å². The molecule has 0 saturated heterocycles. The van der Waals surface area contributed by atoms with E-state index in [1.54, 1.807) is 0 Å². The van der Waals surface area contributed by atoms with Gasteiger partial charge in [-0.25, -0.2) is 9.97 Å². The van der Waals surface area contributed by atoms with Gasteiger partial charge in [0.1, 0.15) is 5.60 Å². The van der Waals surface area contributed by atoms with Gasteiger partial charge in [0.15, 0.2) is 0 Å². The van der Waals surface area contributed by atoms with Crippen molar-refractivity contribution in [2.45, 2.75) is 49.5 Å². The number of aryl methyl sites for hydroxylation is 1. The van der Waals surface area contributed by atoms with E-state index in [9.17, 15) is 5.11 Å². The maximum absolute atomic E-state index is 10.9. The van der Waals surface area contributed by atoms with Gasteiger partial charge in [-0.15, -0.1) is 0 Å². The number of nitrogens with zero attached hydrogens (tertiary/aromatic N) is 2. The number of nitrogen functional groups attached to an aromatic ring is 1. The average molecular weight is 368 g/mol. The third-order valence-electron chi connectivity index (χ3n) is 6.11. The molecule has 1 saturated carbocycles. The molecule has 4 rings (SSSR count). The highest BCUT2D eigenvalue weighted by Crippen LogP contribution is 2.53. The van der Waals surface area contributed by atoms with Crippen molar-refractivity contribution in [3.05, 3.63) is 53.3 Å². The normalized spacial score (nSPS) is 29.8. The van der Waals surface area contributed by atoms with Crippen molar-refractivity contribution < 1.29 is 5.11 Å². The molecule has 3 N–H and O–H groups in total. The first-order valence-electron chi connectivity index (χ1n) is 9.06. The standard InChI is InChI=1S/C21H22ClN3O/c22-11-10-20(26)8-9-21(12-15-4-2-1-3-5-15)17(13-20)7-6-16-14-24-19(23)25-18(16)21/h1-5,14,17,26H,6-9,12-13H2,(H2,23,24,25)/t17-,20+,21+/m0/s1. The van der Waals surface area contributed by atoms with Crippen LogP contribution in [0.4, 0.5) is 5.95 Å². The monoisotopic (exact) mass is 367 g/mol. The van der Waals surface area contributed by atoms with E-state index >= 15 is 0 Å². The minimum absolute atomic E-state index is 0.147. The highest BCUT2D eigenvalue weighted by atomic mass is 35.5. The van der Waals surface area contributed by atoms with Crippen molar-refractivity contribution in [2.24, 2.45) is 5.92 Å². The van der Waals surface area contributed by atoms with Crippen LogP contribution < -0.4 is 5.73 Å². The third-order valence-corrected chi connectivity index (χ3v) is 6.20. The lowest BCUT2D eigenvalue weighted by Crippen LogP contribution is -2.51. The van der Waals surface area contributed by atoms with Gasteiger partial charge in [-0.3, -0.25) is 0 Å². The Hall–Kier alpha value is -2.09. The fraction of sp³-hybridized carbons (Fsp3) is 0.429. The van der Waals surface area contributed by atoms with E-state index in [1.807, 2.05) is 12.3 Å². The van der Waals surface area contributed by atoms with Gasteiger partial charge in [0, 0.05) is 17.0 Å². The van der Waals surface area contributed by atoms with Crippen LogP contribution in [0.25, 0.3) is 0 Å². The van der Waals surface area contributed by atoms with E-state index < -0.39 is 5.60 Å². The Morgan fingerprint density at radius 3 is 2.85 bits per heavy atom. The van der Waals surface area contributed by atoms with E-state index in [2.05, 4.69) is 45.5 Å². The van der Waals surface area contributed by atoms with Crippen LogP contribution in [0.5, 0.6) is 0 Å². The first-order chi connectivity index (χ1) is 12.5. The molecule has 4 nitrogen and oxygen atoms in total. The second-order valence-electron chi connectivity index (χ2n) is 7.61. The molecule has 0 radical (unpaired) electrons. The Morgan fingerprint density at radius 2 is 2.08 bits per heavy atom. The maximum atomic E-state index is 10.9. The average Bonchev–Trinajstić information content (AvgIpc) is 2.63. The maximum Gasteiger partial charge on any atom is 0.220 e. The molecule has 0 spiro atoms. The topological polar surface area (TPSA) is 72.0 Å². The van der Waals surface area contributed by atoms with Gasteiger partial charge in [0.05, 0.1) is 5.69 Å². The molecule has 0 aliphatic heterocycles. The Balaban J connectivity index is 1.81. The summed E-state index contributed by atoms with van der Waals surface area (Å²) < 4.78 is 0. The number of anilines is 1. The molecule has 5 heteroatoms. The molecule has 1 aromatic heterocycles. The summed E-state index contributed by atoms with van der Waals surface area (Å²) in [6, 6.07) is 10.5. The first kappa shape index (κ1) is 17.3. The van der Waals surface area contributed by atoms with Crippen LogP contribution >= 0.6 is 11.6 Å². The number of benzene rings is 1. The number of nitrogens with two attached hydrogens (primary N) is 1. The molecule has 134 valence electrons. The molecule has 2 aromatic rings. The Kier molecular flexibility index (Phi) is 4.38. The molecule has 2 aliphatic carbocycles. The summed E-state index contributed by atoms with van der Waals surface area (Å²) in [5.41, 5.74) is 8.30. The summed E-state index contributed by atoms with van der Waals surface area (Å²) in [5, 5.41) is 13.3. The number of fused-ring (bicyclic) bond motifs is 3. The van der Waals surface area contributed by atoms with E-state index in [1.165, 1.54) is 11.1 Å². The number of rotatable bonds is 2. The van der Waals surface area contributed by atoms with Crippen molar-refractivity contribution in [1.29, 1.82) is 0 Å². The SMILES string of the molecule is Nc1ncc2c(n1)[C@@]1(Cc3ccccc3)CC[C@@](O)(C#CCl)C[C@@H]1CC2. The number of hydrogen-bond donors (Lipinski definition) is 2. The van der Waals surface area contributed by atoms with E-state index in [4.69, 9.17) is 17.3 Å². The quantitative estimate of drug-likeness (QED) is 0.799. The van der Waals surface area contributed by atoms with Crippen molar-refractivity contribution in [2.75, 3.05) is 5.73 Å². The zero-order valence-corrected chi connectivity index (χ0v) is 15.3. The smallest absolute Gasteiger partial charge is 0.220 e. The highest BCUT2D eigenvalue weighted by molar-refractivity contribution is 6.30. The van der Waals surface area contributed by atoms with Gasteiger partial charge in [-0.05, 0) is 67.2 Å². The predicted molar refractivity (Wildman–Crippen MR) is 103 cm³/mol. The molecular formula is C21H22ClN3O. The zero-order valence-electron chi connectivity index (χ0n) is 14.6. The van der Waals surface area contributed by atoms with Crippen molar-refractivity contribution in [3.8, 4) is 11.3 Å². The summed E-state index contributed by atoms with van der Waals surface area (Å²) >= 11 is 5.61. The number of hydrogen-bond acceptors (Lipinski definition) is 4. The molecule has 26 heavy (non-hydrogen) atoms. The molecule has 0 unspecified atom stereocenters. The van der Waals surface area contributed by atoms with E-state index in [0.717, 1.165) is 31.4 Å². The highest BCUT2D eigenvalue weighted by Gasteiger charge is 2.52. The van der Waals surface area contributed by atoms with Gasteiger partial charge in [0.25, 0.3) is 0 Å². The number of halogens is 1. The van der Waals surface area contributed by atoms with Crippen LogP contribution in [0.1, 0.15) is 42.5 Å². The molecule has 1 heterocycles. The third kappa shape index (κ3) is 2.96. The Bertz CT molecular complexity index is 876. The summed E-state index contributed by atoms with van der Waals surface area (Å²) in [7, 11) is 0. The van der Waals surface area contributed by atoms with E-state index in [0.29, 0.717) is 18.8 Å². The van der Waals surface area contributed by atoms with Crippen molar-refractivity contribution >= 4 is 17.5 Å². The second kappa shape index (κ2) is 6.57. The molecule has 3 atom stereocenters. The van der Waals surface area contributed by atoms with Gasteiger partial charge in [-0.2, -0.15) is 0 Å². The lowest BCUT2D eigenvalue weighted by molar-refractivity contribution is -0.00938. The lowest BCUT2D eigenvalue weighted by atomic mass is 9.54. The van der Waals surface area contributed by atoms with Crippen LogP contribution in [0.3, 0.4) is 0 Å². The largest absolute Gasteiger partial charge is 0.378 e. The van der Waals surface area contributed by atoms with Crippen molar-refractivity contribution in [1.82, 2.24) is 9.97 Å². The molecule has 0 bridgehead atoms. The van der Waals surface area contributed by atoms with Crippen LogP contribution in [-0.2, 0) is 18.3 Å². The van der Waals surface area contributed by atoms with E-state index in [-0.39, 0.29) is 11.3 Å². The van der Waals surface area contributed by atoms with Crippen LogP contribution in [0.15, 0.2) is 36.5 Å². The molecule has 1 fully saturated rings. The summed E-state index contributed by atoms with van der Waals surface area (Å²) in [5.74, 6) is 3.42. The lowest BCUT2D eigenvalue weighted by Gasteiger charge is -2.51. The fourth-order valence-corrected chi connectivity index (χ4v) is 5.05. The number of aliphatic hydroxyl groups is 1. The first-order valence-corrected chi connectivity index (χ1v) is 9.43. The molecule has 2 aliphatic rings. The van der Waals surface area contributed by atoms with Crippen LogP contribution in [0, 0.1) is 17.2 Å². The van der Waals surface area contributed by atoms with Gasteiger partial charge in [0.2, 0.25) is 5.95 Å². The minimum atomic E-state index is -1.01. The second-order valence-corrected chi connectivity index (χ2v) is 7.80. The summed E-state index contributed by atoms with van der Waals surface area (Å²) in [6.45, 7) is 0. The van der Waals surface area contributed by atoms with Crippen molar-refractivity contribution in [3.63, 3.8) is 0 Å². The Labute approximate surface area is 158 Å². The summed E-state index contributed by atoms with van der Waals surface area (Å²) in [6.07, 6.45) is 6.65. The van der Waals surface area contributed by atoms with Gasteiger partial charge < -0.3 is 10.8 Å². The molecule has 0 amide bonds. The van der Waals surface area contributed by atoms with Crippen LogP contribution in [-0.4, -0.2) is 20.7 Å². The number of aromatic nitrogens is 2. The Morgan fingerprint density at radius 1 is 1.27 bits per heavy atom. The van der Waals surface area contributed by atoms with Gasteiger partial charge in [-0.1, -0.05) is 36.3 Å². The summed E-state index contributed by atoms with van der Waals surface area (Å²) in [4.78, 5) is 8.89. The predicted octanol–water partition coefficient (Wildman–Crippen LogP) is 3.22. The zero-order chi connectivity index (χ0) is 18.2. The fourth-order valence-electron chi connectivity index (χ4n) is 4.87. The molecular weight excluding hydrogens is 346 g/mol. The minimum Gasteiger partial charge on any atom is -0.378 e. The molecule has 1 aromatic carbocycles.